The van der Waals surface area contributed by atoms with Crippen LogP contribution in [-0.2, 0) is 4.74 Å². The number of fused-ring (bicyclic) bond motifs is 7. The summed E-state index contributed by atoms with van der Waals surface area (Å²) in [5.74, 6) is 4.90. The molecule has 2 N–H and O–H groups in total. The summed E-state index contributed by atoms with van der Waals surface area (Å²) in [6.07, 6.45) is 12.3. The third kappa shape index (κ3) is 2.94. The van der Waals surface area contributed by atoms with Crippen LogP contribution in [0.1, 0.15) is 85.5 Å². The van der Waals surface area contributed by atoms with E-state index in [1.54, 1.807) is 0 Å². The molecule has 10 unspecified atom stereocenters. The van der Waals surface area contributed by atoms with E-state index in [9.17, 15) is 5.11 Å². The van der Waals surface area contributed by atoms with Crippen LogP contribution in [0.3, 0.4) is 0 Å². The van der Waals surface area contributed by atoms with Crippen LogP contribution in [0.4, 0.5) is 0 Å². The Kier molecular flexibility index (Phi) is 4.92. The minimum absolute atomic E-state index is 0.0296. The van der Waals surface area contributed by atoms with Gasteiger partial charge in [0.2, 0.25) is 0 Å². The molecule has 0 aromatic rings. The molecule has 3 heteroatoms. The zero-order valence-electron chi connectivity index (χ0n) is 18.6. The number of aliphatic hydroxyl groups excluding tert-OH is 1. The van der Waals surface area contributed by atoms with Crippen molar-refractivity contribution in [3.05, 3.63) is 0 Å². The van der Waals surface area contributed by atoms with Gasteiger partial charge in [0, 0.05) is 0 Å². The highest BCUT2D eigenvalue weighted by molar-refractivity contribution is 5.12. The third-order valence-electron chi connectivity index (χ3n) is 10.4. The van der Waals surface area contributed by atoms with Crippen molar-refractivity contribution in [2.45, 2.75) is 104 Å². The molecule has 1 heterocycles. The summed E-state index contributed by atoms with van der Waals surface area (Å²) in [7, 11) is 0. The lowest BCUT2D eigenvalue weighted by Gasteiger charge is -2.61. The van der Waals surface area contributed by atoms with Gasteiger partial charge in [-0.3, -0.25) is 5.32 Å². The van der Waals surface area contributed by atoms with Gasteiger partial charge in [0.25, 0.3) is 0 Å². The highest BCUT2D eigenvalue weighted by atomic mass is 16.5. The molecule has 0 aromatic carbocycles. The summed E-state index contributed by atoms with van der Waals surface area (Å²) in [5, 5.41) is 13.9. The molecule has 28 heavy (non-hydrogen) atoms. The second-order valence-electron chi connectivity index (χ2n) is 12.2. The van der Waals surface area contributed by atoms with Crippen LogP contribution in [0.25, 0.3) is 0 Å². The molecule has 1 aliphatic heterocycles. The van der Waals surface area contributed by atoms with Gasteiger partial charge in [0.05, 0.1) is 12.2 Å². The number of aliphatic hydroxyl groups is 1. The van der Waals surface area contributed by atoms with Crippen LogP contribution in [0.2, 0.25) is 0 Å². The molecule has 5 rings (SSSR count). The number of rotatable bonds is 3. The Labute approximate surface area is 172 Å². The van der Waals surface area contributed by atoms with Crippen LogP contribution in [0.5, 0.6) is 0 Å². The van der Waals surface area contributed by atoms with E-state index in [0.29, 0.717) is 29.1 Å². The largest absolute Gasteiger partial charge is 0.393 e. The van der Waals surface area contributed by atoms with Crippen LogP contribution < -0.4 is 5.32 Å². The van der Waals surface area contributed by atoms with Crippen molar-refractivity contribution in [2.75, 3.05) is 6.54 Å². The minimum atomic E-state index is -0.0296. The summed E-state index contributed by atoms with van der Waals surface area (Å²) in [6.45, 7) is 10.9. The summed E-state index contributed by atoms with van der Waals surface area (Å²) in [4.78, 5) is 0. The van der Waals surface area contributed by atoms with Gasteiger partial charge in [0.1, 0.15) is 6.23 Å². The maximum absolute atomic E-state index is 10.2. The topological polar surface area (TPSA) is 41.5 Å². The summed E-state index contributed by atoms with van der Waals surface area (Å²) >= 11 is 0. The number of nitrogens with one attached hydrogen (secondary N) is 1. The van der Waals surface area contributed by atoms with E-state index in [0.717, 1.165) is 49.0 Å². The van der Waals surface area contributed by atoms with Gasteiger partial charge >= 0.3 is 0 Å². The van der Waals surface area contributed by atoms with Gasteiger partial charge in [-0.15, -0.1) is 0 Å². The SMILES string of the molecule is CC(C)CNC1CC2C(CC3C4CCC5CC(O)CCC5(C)C4CCC23C)O1. The average Bonchev–Trinajstić information content (AvgIpc) is 3.17. The molecule has 0 spiro atoms. The first-order valence-electron chi connectivity index (χ1n) is 12.4. The third-order valence-corrected chi connectivity index (χ3v) is 10.4. The molecule has 1 saturated heterocycles. The Morgan fingerprint density at radius 1 is 0.929 bits per heavy atom. The Hall–Kier alpha value is -0.120. The number of ether oxygens (including phenoxy) is 1. The van der Waals surface area contributed by atoms with Crippen LogP contribution in [0.15, 0.2) is 0 Å². The molecule has 4 aliphatic carbocycles. The zero-order chi connectivity index (χ0) is 19.7. The van der Waals surface area contributed by atoms with Crippen molar-refractivity contribution < 1.29 is 9.84 Å². The average molecular weight is 390 g/mol. The van der Waals surface area contributed by atoms with E-state index < -0.39 is 0 Å². The Bertz CT molecular complexity index is 593. The van der Waals surface area contributed by atoms with Gasteiger partial charge in [-0.05, 0) is 111 Å². The maximum atomic E-state index is 10.2. The van der Waals surface area contributed by atoms with E-state index in [1.807, 2.05) is 0 Å². The first-order valence-corrected chi connectivity index (χ1v) is 12.4. The Morgan fingerprint density at radius 2 is 1.71 bits per heavy atom. The smallest absolute Gasteiger partial charge is 0.108 e. The second-order valence-corrected chi connectivity index (χ2v) is 12.2. The molecular weight excluding hydrogens is 346 g/mol. The van der Waals surface area contributed by atoms with E-state index in [1.165, 1.54) is 44.9 Å². The summed E-state index contributed by atoms with van der Waals surface area (Å²) in [5.41, 5.74) is 0.987. The second kappa shape index (κ2) is 6.95. The molecule has 5 fully saturated rings. The van der Waals surface area contributed by atoms with Crippen molar-refractivity contribution in [3.63, 3.8) is 0 Å². The predicted molar refractivity (Wildman–Crippen MR) is 113 cm³/mol. The normalized spacial score (nSPS) is 55.5. The van der Waals surface area contributed by atoms with E-state index >= 15 is 0 Å². The fraction of sp³-hybridized carbons (Fsp3) is 1.00. The summed E-state index contributed by atoms with van der Waals surface area (Å²) < 4.78 is 6.57. The number of hydrogen-bond acceptors (Lipinski definition) is 3. The Balaban J connectivity index is 1.32. The molecule has 10 atom stereocenters. The Morgan fingerprint density at radius 3 is 2.50 bits per heavy atom. The van der Waals surface area contributed by atoms with Crippen molar-refractivity contribution in [1.82, 2.24) is 5.32 Å². The monoisotopic (exact) mass is 389 g/mol. The molecule has 0 bridgehead atoms. The van der Waals surface area contributed by atoms with Gasteiger partial charge < -0.3 is 9.84 Å². The van der Waals surface area contributed by atoms with Crippen LogP contribution >= 0.6 is 0 Å². The minimum Gasteiger partial charge on any atom is -0.393 e. The van der Waals surface area contributed by atoms with Crippen LogP contribution in [0, 0.1) is 46.3 Å². The lowest BCUT2D eigenvalue weighted by atomic mass is 9.44. The molecule has 160 valence electrons. The van der Waals surface area contributed by atoms with Gasteiger partial charge in [-0.1, -0.05) is 27.7 Å². The quantitative estimate of drug-likeness (QED) is 0.715. The molecule has 5 aliphatic rings. The molecule has 0 aromatic heterocycles. The van der Waals surface area contributed by atoms with Gasteiger partial charge in [0.15, 0.2) is 0 Å². The van der Waals surface area contributed by atoms with Crippen molar-refractivity contribution >= 4 is 0 Å². The van der Waals surface area contributed by atoms with Crippen molar-refractivity contribution in [3.8, 4) is 0 Å². The lowest BCUT2D eigenvalue weighted by molar-refractivity contribution is -0.127. The fourth-order valence-corrected chi connectivity index (χ4v) is 8.89. The highest BCUT2D eigenvalue weighted by Crippen LogP contribution is 2.69. The van der Waals surface area contributed by atoms with Crippen molar-refractivity contribution in [1.29, 1.82) is 0 Å². The highest BCUT2D eigenvalue weighted by Gasteiger charge is 2.64. The lowest BCUT2D eigenvalue weighted by Crippen LogP contribution is -2.54. The van der Waals surface area contributed by atoms with Gasteiger partial charge in [-0.2, -0.15) is 0 Å². The predicted octanol–water partition coefficient (Wildman–Crippen LogP) is 4.98. The zero-order valence-corrected chi connectivity index (χ0v) is 18.6. The van der Waals surface area contributed by atoms with E-state index in [4.69, 9.17) is 4.74 Å². The first-order chi connectivity index (χ1) is 13.3. The number of hydrogen-bond donors (Lipinski definition) is 2. The van der Waals surface area contributed by atoms with Crippen molar-refractivity contribution in [2.24, 2.45) is 46.3 Å². The first kappa shape index (κ1) is 19.8. The van der Waals surface area contributed by atoms with E-state index in [2.05, 4.69) is 33.0 Å². The van der Waals surface area contributed by atoms with E-state index in [-0.39, 0.29) is 6.10 Å². The molecule has 0 radical (unpaired) electrons. The molecular formula is C25H43NO2. The van der Waals surface area contributed by atoms with Gasteiger partial charge in [-0.25, -0.2) is 0 Å². The maximum Gasteiger partial charge on any atom is 0.108 e. The molecule has 4 saturated carbocycles. The molecule has 0 amide bonds. The standard InChI is InChI=1S/C25H43NO2/c1-15(2)14-26-23-13-21-22(28-23)12-20-18-6-5-16-11-17(27)7-9-24(16,3)19(18)8-10-25(20,21)4/h15-23,26-27H,5-14H2,1-4H3. The molecule has 3 nitrogen and oxygen atoms in total. The fourth-order valence-electron chi connectivity index (χ4n) is 8.89. The van der Waals surface area contributed by atoms with Crippen LogP contribution in [-0.4, -0.2) is 30.1 Å². The summed E-state index contributed by atoms with van der Waals surface area (Å²) in [6, 6.07) is 0.